The molecule has 0 saturated heterocycles. The van der Waals surface area contributed by atoms with Crippen molar-refractivity contribution in [2.45, 2.75) is 18.9 Å². The smallest absolute Gasteiger partial charge is 0.312 e. The highest BCUT2D eigenvalue weighted by molar-refractivity contribution is 9.10. The number of aromatic nitrogens is 1. The number of thiazole rings is 1. The fourth-order valence-electron chi connectivity index (χ4n) is 5.13. The summed E-state index contributed by atoms with van der Waals surface area (Å²) in [6.07, 6.45) is 3.07. The largest absolute Gasteiger partial charge is 0.502 e. The number of benzene rings is 3. The number of ether oxygens (including phenoxy) is 1. The summed E-state index contributed by atoms with van der Waals surface area (Å²) >= 11 is 4.45. The monoisotopic (exact) mass is 589 g/mol. The second kappa shape index (κ2) is 9.38. The van der Waals surface area contributed by atoms with Crippen molar-refractivity contribution in [2.75, 3.05) is 7.11 Å². The molecule has 1 unspecified atom stereocenters. The Morgan fingerprint density at radius 2 is 2.00 bits per heavy atom. The molecule has 10 heteroatoms. The molecule has 1 N–H and O–H groups in total. The third kappa shape index (κ3) is 3.97. The standard InChI is InChI=1S/C28H20BrN3O5S/c1-37-19-7-4-6-16(12-19)25-21-10-9-15-5-2-3-8-20(15)24(21)30-28-31(25)27(34)23(38-28)13-17-11-18(29)14-22(26(17)33)32(35)36/h2-8,11-14,25,33H,9-10H2,1H3/b23-13+. The summed E-state index contributed by atoms with van der Waals surface area (Å²) in [5.74, 6) is 0.188. The minimum Gasteiger partial charge on any atom is -0.502 e. The fraction of sp³-hybridized carbons (Fsp3) is 0.143. The van der Waals surface area contributed by atoms with Crippen LogP contribution in [-0.2, 0) is 6.42 Å². The number of fused-ring (bicyclic) bond motifs is 3. The maximum atomic E-state index is 13.9. The van der Waals surface area contributed by atoms with Gasteiger partial charge < -0.3 is 9.84 Å². The zero-order chi connectivity index (χ0) is 26.6. The number of nitrogens with zero attached hydrogens (tertiary/aromatic N) is 3. The summed E-state index contributed by atoms with van der Waals surface area (Å²) in [6.45, 7) is 0. The van der Waals surface area contributed by atoms with Gasteiger partial charge in [0, 0.05) is 21.7 Å². The lowest BCUT2D eigenvalue weighted by atomic mass is 9.83. The van der Waals surface area contributed by atoms with E-state index in [1.54, 1.807) is 17.7 Å². The number of phenolic OH excluding ortho intramolecular Hbond substituents is 1. The van der Waals surface area contributed by atoms with Crippen molar-refractivity contribution in [1.82, 2.24) is 4.57 Å². The molecule has 8 nitrogen and oxygen atoms in total. The lowest BCUT2D eigenvalue weighted by molar-refractivity contribution is -0.385. The van der Waals surface area contributed by atoms with Gasteiger partial charge in [-0.05, 0) is 53.8 Å². The van der Waals surface area contributed by atoms with E-state index in [0.717, 1.165) is 35.2 Å². The molecule has 0 bridgehead atoms. The number of nitro groups is 1. The van der Waals surface area contributed by atoms with Gasteiger partial charge in [0.25, 0.3) is 5.56 Å². The van der Waals surface area contributed by atoms with Crippen LogP contribution in [0.15, 0.2) is 80.5 Å². The Labute approximate surface area is 228 Å². The average molecular weight is 590 g/mol. The van der Waals surface area contributed by atoms with Gasteiger partial charge in [-0.25, -0.2) is 4.99 Å². The SMILES string of the molecule is COc1cccc(C2C3=C(N=c4s/c(=C/c5cc(Br)cc([N+](=O)[O-])c5O)c(=O)n42)c2ccccc2CC3)c1. The first-order valence-corrected chi connectivity index (χ1v) is 13.4. The molecular formula is C28H20BrN3O5S. The van der Waals surface area contributed by atoms with E-state index in [0.29, 0.717) is 19.6 Å². The Morgan fingerprint density at radius 3 is 2.79 bits per heavy atom. The molecule has 38 heavy (non-hydrogen) atoms. The van der Waals surface area contributed by atoms with E-state index in [1.165, 1.54) is 29.0 Å². The number of halogens is 1. The van der Waals surface area contributed by atoms with Gasteiger partial charge >= 0.3 is 5.69 Å². The van der Waals surface area contributed by atoms with E-state index in [9.17, 15) is 20.0 Å². The van der Waals surface area contributed by atoms with Crippen LogP contribution in [0.1, 0.15) is 34.7 Å². The number of methoxy groups -OCH3 is 1. The quantitative estimate of drug-likeness (QED) is 0.274. The molecule has 1 aliphatic heterocycles. The number of hydrogen-bond acceptors (Lipinski definition) is 7. The highest BCUT2D eigenvalue weighted by atomic mass is 79.9. The second-order valence-electron chi connectivity index (χ2n) is 9.01. The molecule has 1 atom stereocenters. The van der Waals surface area contributed by atoms with E-state index >= 15 is 0 Å². The van der Waals surface area contributed by atoms with Crippen molar-refractivity contribution < 1.29 is 14.8 Å². The molecule has 0 radical (unpaired) electrons. The second-order valence-corrected chi connectivity index (χ2v) is 10.9. The average Bonchev–Trinajstić information content (AvgIpc) is 3.23. The van der Waals surface area contributed by atoms with E-state index in [-0.39, 0.29) is 11.1 Å². The van der Waals surface area contributed by atoms with Crippen LogP contribution in [-0.4, -0.2) is 21.7 Å². The van der Waals surface area contributed by atoms with Crippen molar-refractivity contribution >= 4 is 44.7 Å². The van der Waals surface area contributed by atoms with Crippen molar-refractivity contribution in [3.63, 3.8) is 0 Å². The predicted octanol–water partition coefficient (Wildman–Crippen LogP) is 4.70. The highest BCUT2D eigenvalue weighted by Gasteiger charge is 2.32. The number of hydrogen-bond donors (Lipinski definition) is 1. The van der Waals surface area contributed by atoms with E-state index in [1.807, 2.05) is 36.4 Å². The molecule has 0 fully saturated rings. The van der Waals surface area contributed by atoms with Crippen LogP contribution in [0.5, 0.6) is 11.5 Å². The number of phenols is 1. The molecule has 6 rings (SSSR count). The van der Waals surface area contributed by atoms with Crippen molar-refractivity contribution in [3.05, 3.63) is 123 Å². The molecule has 3 aromatic carbocycles. The van der Waals surface area contributed by atoms with Gasteiger partial charge in [-0.15, -0.1) is 0 Å². The maximum absolute atomic E-state index is 13.9. The molecule has 0 amide bonds. The summed E-state index contributed by atoms with van der Waals surface area (Å²) in [4.78, 5) is 30.1. The van der Waals surface area contributed by atoms with Gasteiger partial charge in [0.05, 0.1) is 28.3 Å². The third-order valence-electron chi connectivity index (χ3n) is 6.85. The van der Waals surface area contributed by atoms with Gasteiger partial charge in [-0.2, -0.15) is 0 Å². The summed E-state index contributed by atoms with van der Waals surface area (Å²) in [5.41, 5.74) is 4.53. The molecule has 1 aromatic heterocycles. The number of allylic oxidation sites excluding steroid dienone is 1. The van der Waals surface area contributed by atoms with Gasteiger partial charge in [0.15, 0.2) is 4.80 Å². The fourth-order valence-corrected chi connectivity index (χ4v) is 6.59. The molecule has 190 valence electrons. The topological polar surface area (TPSA) is 107 Å². The van der Waals surface area contributed by atoms with Crippen LogP contribution in [0.2, 0.25) is 0 Å². The Hall–Kier alpha value is -4.02. The third-order valence-corrected chi connectivity index (χ3v) is 8.29. The Kier molecular flexibility index (Phi) is 6.00. The molecule has 2 aliphatic rings. The zero-order valence-electron chi connectivity index (χ0n) is 20.1. The van der Waals surface area contributed by atoms with Crippen LogP contribution in [0.4, 0.5) is 5.69 Å². The maximum Gasteiger partial charge on any atom is 0.312 e. The zero-order valence-corrected chi connectivity index (χ0v) is 22.5. The number of rotatable bonds is 4. The summed E-state index contributed by atoms with van der Waals surface area (Å²) in [7, 11) is 1.61. The van der Waals surface area contributed by atoms with Gasteiger partial charge in [0.1, 0.15) is 5.75 Å². The first kappa shape index (κ1) is 24.3. The van der Waals surface area contributed by atoms with Crippen molar-refractivity contribution in [1.29, 1.82) is 0 Å². The number of aromatic hydroxyl groups is 1. The molecular weight excluding hydrogens is 570 g/mol. The Bertz CT molecular complexity index is 1860. The minimum absolute atomic E-state index is 0.170. The molecule has 4 aromatic rings. The Balaban J connectivity index is 1.63. The van der Waals surface area contributed by atoms with Gasteiger partial charge in [0.2, 0.25) is 5.75 Å². The lowest BCUT2D eigenvalue weighted by Gasteiger charge is -2.31. The van der Waals surface area contributed by atoms with E-state index in [2.05, 4.69) is 28.1 Å². The van der Waals surface area contributed by atoms with Crippen molar-refractivity contribution in [2.24, 2.45) is 4.99 Å². The minimum atomic E-state index is -0.659. The van der Waals surface area contributed by atoms with Gasteiger partial charge in [-0.3, -0.25) is 19.5 Å². The lowest BCUT2D eigenvalue weighted by Crippen LogP contribution is -2.38. The van der Waals surface area contributed by atoms with Crippen LogP contribution in [0, 0.1) is 10.1 Å². The molecule has 2 heterocycles. The first-order valence-electron chi connectivity index (χ1n) is 11.8. The van der Waals surface area contributed by atoms with Crippen LogP contribution >= 0.6 is 27.3 Å². The van der Waals surface area contributed by atoms with Crippen LogP contribution in [0.3, 0.4) is 0 Å². The first-order chi connectivity index (χ1) is 18.4. The summed E-state index contributed by atoms with van der Waals surface area (Å²) < 4.78 is 7.89. The Morgan fingerprint density at radius 1 is 1.18 bits per heavy atom. The molecule has 0 spiro atoms. The van der Waals surface area contributed by atoms with E-state index < -0.39 is 22.4 Å². The molecule has 1 aliphatic carbocycles. The van der Waals surface area contributed by atoms with Crippen molar-refractivity contribution in [3.8, 4) is 11.5 Å². The van der Waals surface area contributed by atoms with Crippen LogP contribution in [0.25, 0.3) is 11.8 Å². The normalized spacial score (nSPS) is 16.4. The number of nitro benzene ring substituents is 1. The number of aryl methyl sites for hydroxylation is 1. The highest BCUT2D eigenvalue weighted by Crippen LogP contribution is 2.41. The van der Waals surface area contributed by atoms with E-state index in [4.69, 9.17) is 9.73 Å². The van der Waals surface area contributed by atoms with Gasteiger partial charge in [-0.1, -0.05) is 63.7 Å². The summed E-state index contributed by atoms with van der Waals surface area (Å²) in [6, 6.07) is 18.2. The predicted molar refractivity (Wildman–Crippen MR) is 148 cm³/mol. The molecule has 0 saturated carbocycles. The van der Waals surface area contributed by atoms with Crippen LogP contribution < -0.4 is 19.6 Å². The summed E-state index contributed by atoms with van der Waals surface area (Å²) in [5, 5.41) is 22.0.